The van der Waals surface area contributed by atoms with Gasteiger partial charge in [-0.3, -0.25) is 9.59 Å². The maximum absolute atomic E-state index is 14.3. The number of fused-ring (bicyclic) bond motifs is 4. The van der Waals surface area contributed by atoms with E-state index in [2.05, 4.69) is 16.5 Å². The van der Waals surface area contributed by atoms with Crippen LogP contribution >= 0.6 is 0 Å². The number of Topliss-reactive ketones (excluding diaryl/α,β-unsaturated/α-hetero) is 1. The number of aromatic nitrogens is 2. The number of rotatable bonds is 5. The van der Waals surface area contributed by atoms with Crippen molar-refractivity contribution in [2.45, 2.75) is 38.8 Å². The number of ketones is 1. The Bertz CT molecular complexity index is 1560. The molecule has 0 aliphatic heterocycles. The van der Waals surface area contributed by atoms with E-state index in [9.17, 15) is 27.2 Å². The largest absolute Gasteiger partial charge is 0.392 e. The van der Waals surface area contributed by atoms with Gasteiger partial charge < -0.3 is 5.32 Å². The summed E-state index contributed by atoms with van der Waals surface area (Å²) in [5.74, 6) is -5.17. The van der Waals surface area contributed by atoms with E-state index in [-0.39, 0.29) is 24.6 Å². The molecular weight excluding hydrogens is 534 g/mol. The molecule has 3 aliphatic carbocycles. The second-order valence-electron chi connectivity index (χ2n) is 11.3. The molecule has 4 atom stereocenters. The van der Waals surface area contributed by atoms with Crippen molar-refractivity contribution in [3.8, 4) is 5.69 Å². The van der Waals surface area contributed by atoms with E-state index >= 15 is 0 Å². The number of alkyl halides is 3. The van der Waals surface area contributed by atoms with Gasteiger partial charge in [-0.25, -0.2) is 9.07 Å². The van der Waals surface area contributed by atoms with E-state index in [1.54, 1.807) is 59.4 Å². The van der Waals surface area contributed by atoms with E-state index in [0.717, 1.165) is 22.4 Å². The van der Waals surface area contributed by atoms with E-state index in [0.29, 0.717) is 30.5 Å². The maximum atomic E-state index is 14.3. The van der Waals surface area contributed by atoms with Gasteiger partial charge in [-0.2, -0.15) is 18.3 Å². The second-order valence-corrected chi connectivity index (χ2v) is 11.3. The monoisotopic (exact) mass is 563 g/mol. The van der Waals surface area contributed by atoms with Crippen molar-refractivity contribution in [1.82, 2.24) is 15.1 Å². The number of amides is 1. The maximum Gasteiger partial charge on any atom is 0.392 e. The van der Waals surface area contributed by atoms with Crippen LogP contribution in [0.25, 0.3) is 11.8 Å². The van der Waals surface area contributed by atoms with Gasteiger partial charge in [-0.05, 0) is 67.5 Å². The molecule has 1 saturated carbocycles. The molecule has 1 heterocycles. The highest BCUT2D eigenvalue weighted by Gasteiger charge is 2.56. The first-order valence-corrected chi connectivity index (χ1v) is 13.7. The van der Waals surface area contributed by atoms with Gasteiger partial charge >= 0.3 is 6.18 Å². The van der Waals surface area contributed by atoms with Gasteiger partial charge in [-0.1, -0.05) is 54.5 Å². The van der Waals surface area contributed by atoms with Gasteiger partial charge in [0.2, 0.25) is 5.91 Å². The van der Waals surface area contributed by atoms with Crippen LogP contribution in [-0.4, -0.2) is 34.2 Å². The first-order valence-electron chi connectivity index (χ1n) is 13.7. The van der Waals surface area contributed by atoms with Crippen LogP contribution in [-0.2, 0) is 11.2 Å². The molecule has 5 nitrogen and oxygen atoms in total. The molecule has 0 bridgehead atoms. The zero-order valence-electron chi connectivity index (χ0n) is 22.4. The topological polar surface area (TPSA) is 64.0 Å². The standard InChI is InChI=1S/C32H29F4N3O2/c1-31-16-20-17-38-39(23-10-8-22(33)9-11-23)27(20)15-21(31)7-12-24-25(31)13-14-26(32(34,35)36)29(24)30(41)37-18-28(40)19-5-3-2-4-6-19/h2-6,8-11,13,15,17,24,26,29H,7,12,14,16,18H2,1H3,(H,37,41)/t24-,26+,29+,31-/m0/s1. The summed E-state index contributed by atoms with van der Waals surface area (Å²) in [7, 11) is 0. The fourth-order valence-electron chi connectivity index (χ4n) is 6.94. The summed E-state index contributed by atoms with van der Waals surface area (Å²) in [4.78, 5) is 26.0. The summed E-state index contributed by atoms with van der Waals surface area (Å²) in [6, 6.07) is 14.4. The minimum Gasteiger partial charge on any atom is -0.348 e. The first kappa shape index (κ1) is 27.2. The number of carbonyl (C=O) groups excluding carboxylic acids is 2. The quantitative estimate of drug-likeness (QED) is 0.219. The molecule has 41 heavy (non-hydrogen) atoms. The van der Waals surface area contributed by atoms with Gasteiger partial charge in [0.05, 0.1) is 36.0 Å². The third kappa shape index (κ3) is 4.81. The lowest BCUT2D eigenvalue weighted by atomic mass is 9.54. The molecule has 2 aromatic carbocycles. The van der Waals surface area contributed by atoms with Crippen LogP contribution in [0.2, 0.25) is 0 Å². The normalized spacial score (nSPS) is 25.2. The molecule has 0 radical (unpaired) electrons. The van der Waals surface area contributed by atoms with Crippen LogP contribution in [0.5, 0.6) is 0 Å². The van der Waals surface area contributed by atoms with Crippen molar-refractivity contribution in [1.29, 1.82) is 0 Å². The second kappa shape index (κ2) is 10.1. The Morgan fingerprint density at radius 3 is 2.54 bits per heavy atom. The van der Waals surface area contributed by atoms with E-state index < -0.39 is 35.3 Å². The molecule has 3 aromatic rings. The number of nitrogens with zero attached hydrogens (tertiary/aromatic N) is 2. The Morgan fingerprint density at radius 2 is 1.83 bits per heavy atom. The van der Waals surface area contributed by atoms with Gasteiger partial charge in [0, 0.05) is 11.0 Å². The number of allylic oxidation sites excluding steroid dienone is 3. The minimum absolute atomic E-state index is 0.287. The molecule has 1 aromatic heterocycles. The van der Waals surface area contributed by atoms with Crippen LogP contribution < -0.4 is 5.32 Å². The fourth-order valence-corrected chi connectivity index (χ4v) is 6.94. The summed E-state index contributed by atoms with van der Waals surface area (Å²) < 4.78 is 58.0. The smallest absolute Gasteiger partial charge is 0.348 e. The van der Waals surface area contributed by atoms with Crippen molar-refractivity contribution in [2.75, 3.05) is 6.54 Å². The highest BCUT2D eigenvalue weighted by atomic mass is 19.4. The molecule has 1 N–H and O–H groups in total. The van der Waals surface area contributed by atoms with E-state index in [4.69, 9.17) is 0 Å². The van der Waals surface area contributed by atoms with Crippen molar-refractivity contribution in [3.63, 3.8) is 0 Å². The molecule has 0 unspecified atom stereocenters. The van der Waals surface area contributed by atoms with E-state index in [1.807, 2.05) is 6.92 Å². The Morgan fingerprint density at radius 1 is 1.10 bits per heavy atom. The number of benzene rings is 2. The van der Waals surface area contributed by atoms with Gasteiger partial charge in [0.25, 0.3) is 0 Å². The Hall–Kier alpha value is -4.01. The average Bonchev–Trinajstić information content (AvgIpc) is 3.36. The highest BCUT2D eigenvalue weighted by Crippen LogP contribution is 2.58. The lowest BCUT2D eigenvalue weighted by Crippen LogP contribution is -2.51. The van der Waals surface area contributed by atoms with Crippen LogP contribution in [0.4, 0.5) is 17.6 Å². The molecule has 3 aliphatic rings. The lowest BCUT2D eigenvalue weighted by molar-refractivity contribution is -0.197. The third-order valence-corrected chi connectivity index (χ3v) is 8.98. The molecule has 1 fully saturated rings. The third-order valence-electron chi connectivity index (χ3n) is 8.98. The first-order chi connectivity index (χ1) is 19.6. The van der Waals surface area contributed by atoms with Crippen LogP contribution in [0.3, 0.4) is 0 Å². The molecule has 0 spiro atoms. The van der Waals surface area contributed by atoms with Crippen molar-refractivity contribution < 1.29 is 27.2 Å². The molecule has 0 saturated heterocycles. The lowest BCUT2D eigenvalue weighted by Gasteiger charge is -2.50. The van der Waals surface area contributed by atoms with Crippen molar-refractivity contribution >= 4 is 17.8 Å². The Labute approximate surface area is 234 Å². The summed E-state index contributed by atoms with van der Waals surface area (Å²) in [5, 5.41) is 7.07. The van der Waals surface area contributed by atoms with Crippen molar-refractivity contribution in [2.24, 2.45) is 23.2 Å². The predicted octanol–water partition coefficient (Wildman–Crippen LogP) is 6.49. The van der Waals surface area contributed by atoms with Gasteiger partial charge in [0.15, 0.2) is 5.78 Å². The number of hydrogen-bond acceptors (Lipinski definition) is 3. The number of carbonyl (C=O) groups is 2. The predicted molar refractivity (Wildman–Crippen MR) is 146 cm³/mol. The van der Waals surface area contributed by atoms with Crippen LogP contribution in [0.1, 0.15) is 47.8 Å². The number of nitrogens with one attached hydrogen (secondary N) is 1. The zero-order chi connectivity index (χ0) is 28.9. The average molecular weight is 564 g/mol. The van der Waals surface area contributed by atoms with Crippen molar-refractivity contribution in [3.05, 3.63) is 101 Å². The van der Waals surface area contributed by atoms with Gasteiger partial charge in [0.1, 0.15) is 5.82 Å². The van der Waals surface area contributed by atoms with Gasteiger partial charge in [-0.15, -0.1) is 0 Å². The Kier molecular flexibility index (Phi) is 6.71. The molecule has 6 rings (SSSR count). The summed E-state index contributed by atoms with van der Waals surface area (Å²) in [6.45, 7) is 1.68. The van der Waals surface area contributed by atoms with Crippen LogP contribution in [0, 0.1) is 29.0 Å². The Balaban J connectivity index is 1.29. The summed E-state index contributed by atoms with van der Waals surface area (Å²) in [6.07, 6.45) is 2.12. The minimum atomic E-state index is -4.56. The molecule has 1 amide bonds. The number of halogens is 4. The zero-order valence-corrected chi connectivity index (χ0v) is 22.4. The SMILES string of the molecule is C[C@]12Cc3cnn(-c4ccc(F)cc4)c3C=C1CC[C@H]1C2=CC[C@@H](C(F)(F)F)[C@@H]1C(=O)NCC(=O)c1ccccc1. The van der Waals surface area contributed by atoms with E-state index in [1.165, 1.54) is 12.1 Å². The number of hydrogen-bond donors (Lipinski definition) is 1. The molecule has 212 valence electrons. The summed E-state index contributed by atoms with van der Waals surface area (Å²) >= 11 is 0. The highest BCUT2D eigenvalue weighted by molar-refractivity contribution is 5.99. The molecule has 9 heteroatoms. The fraction of sp³-hybridized carbons (Fsp3) is 0.344. The van der Waals surface area contributed by atoms with Crippen LogP contribution in [0.15, 0.2) is 78.0 Å². The summed E-state index contributed by atoms with van der Waals surface area (Å²) in [5.41, 5.74) is 4.31. The molecular formula is C32H29F4N3O2.